The molecule has 0 heterocycles. The minimum Gasteiger partial charge on any atom is -0.481 e. The standard InChI is InChI=1S/C14H16F6O2/c15-9(14(18,19)20)13(16,17)12-4-7-1-8(5-12)3-11(2-7,6-12)10(21)22/h7-9H,1-6H2,(H,21,22)/t7-,8-,9-,11?,12?/m1/s1. The van der Waals surface area contributed by atoms with Crippen molar-refractivity contribution in [3.63, 3.8) is 0 Å². The topological polar surface area (TPSA) is 37.3 Å². The first-order valence-corrected chi connectivity index (χ1v) is 7.24. The average molecular weight is 330 g/mol. The van der Waals surface area contributed by atoms with Crippen molar-refractivity contribution >= 4 is 5.97 Å². The van der Waals surface area contributed by atoms with Gasteiger partial charge in [0.2, 0.25) is 0 Å². The van der Waals surface area contributed by atoms with Crippen molar-refractivity contribution < 1.29 is 36.2 Å². The van der Waals surface area contributed by atoms with Crippen LogP contribution in [0.3, 0.4) is 0 Å². The molecule has 4 saturated carbocycles. The van der Waals surface area contributed by atoms with Gasteiger partial charge in [-0.05, 0) is 50.4 Å². The summed E-state index contributed by atoms with van der Waals surface area (Å²) in [4.78, 5) is 11.5. The Labute approximate surface area is 122 Å². The third-order valence-corrected chi connectivity index (χ3v) is 5.83. The van der Waals surface area contributed by atoms with Gasteiger partial charge in [-0.25, -0.2) is 13.2 Å². The predicted octanol–water partition coefficient (Wildman–Crippen LogP) is 4.19. The predicted molar refractivity (Wildman–Crippen MR) is 63.1 cm³/mol. The zero-order valence-electron chi connectivity index (χ0n) is 11.6. The molecule has 0 aromatic heterocycles. The van der Waals surface area contributed by atoms with E-state index in [0.29, 0.717) is 6.42 Å². The van der Waals surface area contributed by atoms with Crippen LogP contribution in [0.15, 0.2) is 0 Å². The van der Waals surface area contributed by atoms with Crippen LogP contribution in [0.5, 0.6) is 0 Å². The van der Waals surface area contributed by atoms with Gasteiger partial charge in [-0.2, -0.15) is 13.2 Å². The number of aliphatic carboxylic acids is 1. The summed E-state index contributed by atoms with van der Waals surface area (Å²) in [6.45, 7) is 0. The Morgan fingerprint density at radius 2 is 1.55 bits per heavy atom. The first-order chi connectivity index (χ1) is 9.92. The van der Waals surface area contributed by atoms with Gasteiger partial charge in [0.15, 0.2) is 0 Å². The number of carboxylic acid groups (broad SMARTS) is 1. The minimum absolute atomic E-state index is 0.208. The van der Waals surface area contributed by atoms with Crippen LogP contribution in [-0.4, -0.2) is 29.3 Å². The molecule has 4 aliphatic carbocycles. The van der Waals surface area contributed by atoms with Gasteiger partial charge < -0.3 is 5.11 Å². The maximum absolute atomic E-state index is 14.4. The molecule has 0 unspecified atom stereocenters. The number of hydrogen-bond acceptors (Lipinski definition) is 1. The van der Waals surface area contributed by atoms with Crippen LogP contribution in [0.1, 0.15) is 38.5 Å². The first-order valence-electron chi connectivity index (χ1n) is 7.24. The Balaban J connectivity index is 2.01. The number of alkyl halides is 6. The van der Waals surface area contributed by atoms with Gasteiger partial charge in [0.25, 0.3) is 12.1 Å². The van der Waals surface area contributed by atoms with Gasteiger partial charge in [-0.1, -0.05) is 0 Å². The fourth-order valence-electron chi connectivity index (χ4n) is 5.38. The monoisotopic (exact) mass is 330 g/mol. The molecule has 0 saturated heterocycles. The largest absolute Gasteiger partial charge is 0.481 e. The molecule has 0 aromatic carbocycles. The molecule has 3 atom stereocenters. The zero-order chi connectivity index (χ0) is 16.6. The summed E-state index contributed by atoms with van der Waals surface area (Å²) in [6.07, 6.45) is -9.93. The smallest absolute Gasteiger partial charge is 0.425 e. The molecular weight excluding hydrogens is 314 g/mol. The van der Waals surface area contributed by atoms with Gasteiger partial charge in [0.1, 0.15) is 0 Å². The van der Waals surface area contributed by atoms with E-state index in [0.717, 1.165) is 0 Å². The number of carbonyl (C=O) groups is 1. The maximum atomic E-state index is 14.4. The maximum Gasteiger partial charge on any atom is 0.425 e. The molecule has 0 amide bonds. The SMILES string of the molecule is O=C(O)C12C[C@H]3C[C@H](C1)CC(C(F)(F)[C@@H](F)C(F)(F)F)(C3)C2. The van der Waals surface area contributed by atoms with Crippen molar-refractivity contribution in [2.75, 3.05) is 0 Å². The van der Waals surface area contributed by atoms with E-state index in [-0.39, 0.29) is 37.5 Å². The molecule has 2 nitrogen and oxygen atoms in total. The Morgan fingerprint density at radius 1 is 1.05 bits per heavy atom. The summed E-state index contributed by atoms with van der Waals surface area (Å²) in [5.41, 5.74) is -3.61. The van der Waals surface area contributed by atoms with Crippen LogP contribution < -0.4 is 0 Å². The second-order valence-corrected chi connectivity index (χ2v) is 7.35. The van der Waals surface area contributed by atoms with Crippen molar-refractivity contribution in [1.82, 2.24) is 0 Å². The summed E-state index contributed by atoms with van der Waals surface area (Å²) < 4.78 is 79.8. The van der Waals surface area contributed by atoms with Gasteiger partial charge >= 0.3 is 12.1 Å². The third-order valence-electron chi connectivity index (χ3n) is 5.83. The summed E-state index contributed by atoms with van der Waals surface area (Å²) in [5, 5.41) is 9.40. The molecule has 4 bridgehead atoms. The van der Waals surface area contributed by atoms with Crippen molar-refractivity contribution in [2.45, 2.75) is 56.8 Å². The van der Waals surface area contributed by atoms with Crippen molar-refractivity contribution in [2.24, 2.45) is 22.7 Å². The molecule has 4 rings (SSSR count). The molecule has 4 aliphatic rings. The molecule has 0 aliphatic heterocycles. The highest BCUT2D eigenvalue weighted by Gasteiger charge is 2.73. The van der Waals surface area contributed by atoms with Crippen LogP contribution in [0, 0.1) is 22.7 Å². The average Bonchev–Trinajstić information content (AvgIpc) is 2.34. The van der Waals surface area contributed by atoms with Crippen LogP contribution in [0.4, 0.5) is 26.3 Å². The normalized spacial score (nSPS) is 42.5. The summed E-state index contributed by atoms with van der Waals surface area (Å²) in [7, 11) is 0. The molecule has 8 heteroatoms. The van der Waals surface area contributed by atoms with E-state index in [4.69, 9.17) is 0 Å². The molecule has 4 fully saturated rings. The second kappa shape index (κ2) is 4.32. The third kappa shape index (κ3) is 1.98. The fourth-order valence-corrected chi connectivity index (χ4v) is 5.38. The lowest BCUT2D eigenvalue weighted by Crippen LogP contribution is -2.64. The lowest BCUT2D eigenvalue weighted by atomic mass is 9.42. The molecule has 22 heavy (non-hydrogen) atoms. The van der Waals surface area contributed by atoms with Crippen LogP contribution in [0.25, 0.3) is 0 Å². The van der Waals surface area contributed by atoms with Crippen LogP contribution in [-0.2, 0) is 4.79 Å². The summed E-state index contributed by atoms with van der Waals surface area (Å²) in [5.74, 6) is -6.56. The first kappa shape index (κ1) is 15.9. The minimum atomic E-state index is -5.65. The van der Waals surface area contributed by atoms with Crippen molar-refractivity contribution in [1.29, 1.82) is 0 Å². The van der Waals surface area contributed by atoms with E-state index in [9.17, 15) is 36.2 Å². The van der Waals surface area contributed by atoms with Crippen molar-refractivity contribution in [3.8, 4) is 0 Å². The van der Waals surface area contributed by atoms with E-state index < -0.39 is 41.5 Å². The lowest BCUT2D eigenvalue weighted by Gasteiger charge is -2.62. The van der Waals surface area contributed by atoms with Crippen LogP contribution >= 0.6 is 0 Å². The Hall–Kier alpha value is -0.950. The fraction of sp³-hybridized carbons (Fsp3) is 0.929. The van der Waals surface area contributed by atoms with Gasteiger partial charge in [-0.15, -0.1) is 0 Å². The van der Waals surface area contributed by atoms with E-state index in [1.165, 1.54) is 0 Å². The van der Waals surface area contributed by atoms with E-state index in [2.05, 4.69) is 0 Å². The molecule has 0 radical (unpaired) electrons. The van der Waals surface area contributed by atoms with E-state index >= 15 is 0 Å². The summed E-state index contributed by atoms with van der Waals surface area (Å²) in [6, 6.07) is 0. The van der Waals surface area contributed by atoms with Gasteiger partial charge in [0.05, 0.1) is 5.41 Å². The van der Waals surface area contributed by atoms with Gasteiger partial charge in [-0.3, -0.25) is 4.79 Å². The quantitative estimate of drug-likeness (QED) is 0.788. The van der Waals surface area contributed by atoms with E-state index in [1.54, 1.807) is 0 Å². The molecular formula is C14H16F6O2. The van der Waals surface area contributed by atoms with Gasteiger partial charge in [0, 0.05) is 5.41 Å². The highest BCUT2D eigenvalue weighted by atomic mass is 19.4. The zero-order valence-corrected chi connectivity index (χ0v) is 11.6. The number of halogens is 6. The number of carboxylic acids is 1. The molecule has 1 N–H and O–H groups in total. The molecule has 0 aromatic rings. The Kier molecular flexibility index (Phi) is 3.13. The summed E-state index contributed by atoms with van der Waals surface area (Å²) >= 11 is 0. The Morgan fingerprint density at radius 3 is 1.95 bits per heavy atom. The van der Waals surface area contributed by atoms with Crippen molar-refractivity contribution in [3.05, 3.63) is 0 Å². The highest BCUT2D eigenvalue weighted by molar-refractivity contribution is 5.75. The highest BCUT2D eigenvalue weighted by Crippen LogP contribution is 2.70. The molecule has 126 valence electrons. The number of hydrogen-bond donors (Lipinski definition) is 1. The lowest BCUT2D eigenvalue weighted by molar-refractivity contribution is -0.306. The molecule has 0 spiro atoms. The van der Waals surface area contributed by atoms with Crippen LogP contribution in [0.2, 0.25) is 0 Å². The van der Waals surface area contributed by atoms with E-state index in [1.807, 2.05) is 0 Å². The Bertz CT molecular complexity index is 486. The number of rotatable bonds is 3. The second-order valence-electron chi connectivity index (χ2n) is 7.35.